The molecule has 0 aliphatic rings. The average molecular weight is 366 g/mol. The molecule has 0 bridgehead atoms. The number of ether oxygens (including phenoxy) is 1. The van der Waals surface area contributed by atoms with Gasteiger partial charge in [-0.05, 0) is 18.6 Å². The first-order valence-corrected chi connectivity index (χ1v) is 7.95. The Hall–Kier alpha value is -2.75. The Morgan fingerprint density at radius 3 is 2.65 bits per heavy atom. The van der Waals surface area contributed by atoms with Gasteiger partial charge in [-0.1, -0.05) is 12.1 Å². The van der Waals surface area contributed by atoms with Crippen molar-refractivity contribution in [2.75, 3.05) is 13.2 Å². The second-order valence-electron chi connectivity index (χ2n) is 5.54. The first-order valence-electron chi connectivity index (χ1n) is 7.95. The topological polar surface area (TPSA) is 70.7 Å². The minimum absolute atomic E-state index is 0.0238. The normalized spacial score (nSPS) is 11.4. The second kappa shape index (κ2) is 8.09. The van der Waals surface area contributed by atoms with Crippen LogP contribution in [0.25, 0.3) is 5.69 Å². The number of nitrogens with zero attached hydrogens (tertiary/aromatic N) is 6. The minimum Gasteiger partial charge on any atom is -0.375 e. The molecular formula is C16H17F3N6O. The molecule has 1 aromatic carbocycles. The number of hydrogen-bond donors (Lipinski definition) is 0. The monoisotopic (exact) mass is 366 g/mol. The van der Waals surface area contributed by atoms with Gasteiger partial charge in [-0.25, -0.2) is 22.8 Å². The van der Waals surface area contributed by atoms with Crippen LogP contribution in [-0.4, -0.2) is 49.4 Å². The smallest absolute Gasteiger partial charge is 0.261 e. The average Bonchev–Trinajstić information content (AvgIpc) is 3.22. The minimum atomic E-state index is -2.54. The van der Waals surface area contributed by atoms with E-state index in [-0.39, 0.29) is 25.3 Å². The largest absolute Gasteiger partial charge is 0.375 e. The predicted octanol–water partition coefficient (Wildman–Crippen LogP) is 2.18. The predicted molar refractivity (Wildman–Crippen MR) is 85.7 cm³/mol. The Morgan fingerprint density at radius 1 is 1.19 bits per heavy atom. The molecule has 3 rings (SSSR count). The third-order valence-corrected chi connectivity index (χ3v) is 3.58. The maximum absolute atomic E-state index is 14.3. The summed E-state index contributed by atoms with van der Waals surface area (Å²) in [7, 11) is 0. The number of rotatable bonds is 8. The Bertz CT molecular complexity index is 830. The maximum Gasteiger partial charge on any atom is 0.261 e. The number of para-hydroxylation sites is 1. The van der Waals surface area contributed by atoms with Crippen LogP contribution < -0.4 is 0 Å². The number of hydrogen-bond acceptors (Lipinski definition) is 5. The van der Waals surface area contributed by atoms with Gasteiger partial charge in [-0.3, -0.25) is 0 Å². The van der Waals surface area contributed by atoms with E-state index in [1.807, 2.05) is 0 Å². The number of halogens is 3. The molecule has 0 spiro atoms. The molecule has 0 aliphatic carbocycles. The van der Waals surface area contributed by atoms with Crippen LogP contribution in [0.15, 0.2) is 30.6 Å². The molecule has 0 N–H and O–H groups in total. The van der Waals surface area contributed by atoms with Crippen LogP contribution >= 0.6 is 0 Å². The third kappa shape index (κ3) is 4.26. The van der Waals surface area contributed by atoms with Crippen LogP contribution in [0, 0.1) is 12.7 Å². The molecule has 0 unspecified atom stereocenters. The summed E-state index contributed by atoms with van der Waals surface area (Å²) in [6.07, 6.45) is 0.719. The van der Waals surface area contributed by atoms with Crippen LogP contribution in [0.1, 0.15) is 17.2 Å². The second-order valence-corrected chi connectivity index (χ2v) is 5.54. The van der Waals surface area contributed by atoms with Crippen molar-refractivity contribution in [1.29, 1.82) is 0 Å². The van der Waals surface area contributed by atoms with E-state index >= 15 is 0 Å². The van der Waals surface area contributed by atoms with Gasteiger partial charge in [0.25, 0.3) is 6.43 Å². The molecule has 26 heavy (non-hydrogen) atoms. The van der Waals surface area contributed by atoms with E-state index in [9.17, 15) is 13.2 Å². The SMILES string of the molecule is Cc1cccc(F)c1-n1nc(Cn2nccn2)nc1CCOCC(F)F. The van der Waals surface area contributed by atoms with Gasteiger partial charge in [0.05, 0.1) is 19.0 Å². The summed E-state index contributed by atoms with van der Waals surface area (Å²) in [6.45, 7) is 1.33. The Morgan fingerprint density at radius 2 is 1.96 bits per heavy atom. The van der Waals surface area contributed by atoms with E-state index in [4.69, 9.17) is 4.74 Å². The molecule has 0 aliphatic heterocycles. The van der Waals surface area contributed by atoms with Gasteiger partial charge in [-0.2, -0.15) is 15.0 Å². The highest BCUT2D eigenvalue weighted by Gasteiger charge is 2.17. The Balaban J connectivity index is 1.88. The Labute approximate surface area is 147 Å². The van der Waals surface area contributed by atoms with Crippen molar-refractivity contribution in [1.82, 2.24) is 29.8 Å². The molecule has 3 aromatic rings. The molecule has 10 heteroatoms. The summed E-state index contributed by atoms with van der Waals surface area (Å²) < 4.78 is 45.0. The summed E-state index contributed by atoms with van der Waals surface area (Å²) >= 11 is 0. The quantitative estimate of drug-likeness (QED) is 0.572. The van der Waals surface area contributed by atoms with E-state index in [1.54, 1.807) is 19.1 Å². The number of alkyl halides is 2. The zero-order valence-corrected chi connectivity index (χ0v) is 14.0. The fourth-order valence-electron chi connectivity index (χ4n) is 2.48. The van der Waals surface area contributed by atoms with Crippen molar-refractivity contribution >= 4 is 0 Å². The fraction of sp³-hybridized carbons (Fsp3) is 0.375. The van der Waals surface area contributed by atoms with Crippen LogP contribution in [0.2, 0.25) is 0 Å². The summed E-state index contributed by atoms with van der Waals surface area (Å²) in [4.78, 5) is 5.77. The lowest BCUT2D eigenvalue weighted by molar-refractivity contribution is 0.0182. The third-order valence-electron chi connectivity index (χ3n) is 3.58. The number of aromatic nitrogens is 6. The van der Waals surface area contributed by atoms with Crippen LogP contribution in [0.5, 0.6) is 0 Å². The molecule has 0 saturated carbocycles. The van der Waals surface area contributed by atoms with Crippen LogP contribution in [0.3, 0.4) is 0 Å². The molecule has 0 radical (unpaired) electrons. The van der Waals surface area contributed by atoms with Gasteiger partial charge in [0.15, 0.2) is 5.82 Å². The van der Waals surface area contributed by atoms with Crippen LogP contribution in [0.4, 0.5) is 13.2 Å². The molecule has 138 valence electrons. The fourth-order valence-corrected chi connectivity index (χ4v) is 2.48. The first-order chi connectivity index (χ1) is 12.5. The zero-order valence-electron chi connectivity index (χ0n) is 14.0. The molecule has 0 fully saturated rings. The van der Waals surface area contributed by atoms with Crippen molar-refractivity contribution in [3.05, 3.63) is 53.6 Å². The number of aryl methyl sites for hydroxylation is 1. The summed E-state index contributed by atoms with van der Waals surface area (Å²) in [5.41, 5.74) is 0.942. The molecule has 2 aromatic heterocycles. The first kappa shape index (κ1) is 18.1. The van der Waals surface area contributed by atoms with Crippen LogP contribution in [-0.2, 0) is 17.7 Å². The molecular weight excluding hydrogens is 349 g/mol. The van der Waals surface area contributed by atoms with Crippen molar-refractivity contribution in [3.8, 4) is 5.69 Å². The molecule has 7 nitrogen and oxygen atoms in total. The van der Waals surface area contributed by atoms with Gasteiger partial charge in [-0.15, -0.1) is 5.10 Å². The van der Waals surface area contributed by atoms with Gasteiger partial charge in [0.2, 0.25) is 0 Å². The molecule has 0 saturated heterocycles. The standard InChI is InChI=1S/C16H17F3N6O/c1-11-3-2-4-12(17)16(11)25-15(5-8-26-10-13(18)19)22-14(23-25)9-24-20-6-7-21-24/h2-4,6-7,13H,5,8-10H2,1H3. The van der Waals surface area contributed by atoms with Crippen molar-refractivity contribution in [2.45, 2.75) is 26.3 Å². The van der Waals surface area contributed by atoms with Gasteiger partial charge in [0.1, 0.15) is 30.5 Å². The lowest BCUT2D eigenvalue weighted by atomic mass is 10.2. The van der Waals surface area contributed by atoms with Gasteiger partial charge >= 0.3 is 0 Å². The molecule has 2 heterocycles. The highest BCUT2D eigenvalue weighted by Crippen LogP contribution is 2.19. The van der Waals surface area contributed by atoms with E-state index in [0.29, 0.717) is 17.2 Å². The summed E-state index contributed by atoms with van der Waals surface area (Å²) in [5, 5.41) is 12.3. The highest BCUT2D eigenvalue weighted by atomic mass is 19.3. The number of benzene rings is 1. The van der Waals surface area contributed by atoms with Crippen molar-refractivity contribution < 1.29 is 17.9 Å². The zero-order chi connectivity index (χ0) is 18.5. The highest BCUT2D eigenvalue weighted by molar-refractivity contribution is 5.41. The van der Waals surface area contributed by atoms with E-state index < -0.39 is 18.8 Å². The lowest BCUT2D eigenvalue weighted by Gasteiger charge is -2.10. The summed E-state index contributed by atoms with van der Waals surface area (Å²) in [6, 6.07) is 4.69. The Kier molecular flexibility index (Phi) is 5.61. The van der Waals surface area contributed by atoms with Crippen molar-refractivity contribution in [2.24, 2.45) is 0 Å². The molecule has 0 amide bonds. The van der Waals surface area contributed by atoms with Crippen molar-refractivity contribution in [3.63, 3.8) is 0 Å². The summed E-state index contributed by atoms with van der Waals surface area (Å²) in [5.74, 6) is 0.343. The van der Waals surface area contributed by atoms with E-state index in [2.05, 4.69) is 20.3 Å². The maximum atomic E-state index is 14.3. The van der Waals surface area contributed by atoms with Gasteiger partial charge < -0.3 is 4.74 Å². The molecule has 0 atom stereocenters. The van der Waals surface area contributed by atoms with Gasteiger partial charge in [0, 0.05) is 6.42 Å². The van der Waals surface area contributed by atoms with E-state index in [1.165, 1.54) is 27.9 Å². The van der Waals surface area contributed by atoms with E-state index in [0.717, 1.165) is 0 Å². The lowest BCUT2D eigenvalue weighted by Crippen LogP contribution is -2.12.